The van der Waals surface area contributed by atoms with Gasteiger partial charge in [0.25, 0.3) is 0 Å². The lowest BCUT2D eigenvalue weighted by molar-refractivity contribution is -0.122. The minimum atomic E-state index is 0.230. The number of ether oxygens (including phenoxy) is 1. The van der Waals surface area contributed by atoms with Crippen LogP contribution in [0.25, 0.3) is 0 Å². The van der Waals surface area contributed by atoms with E-state index in [4.69, 9.17) is 4.74 Å². The normalized spacial score (nSPS) is 29.6. The summed E-state index contributed by atoms with van der Waals surface area (Å²) in [5.41, 5.74) is 0.266. The lowest BCUT2D eigenvalue weighted by Crippen LogP contribution is -2.55. The van der Waals surface area contributed by atoms with Crippen molar-refractivity contribution in [3.8, 4) is 0 Å². The highest BCUT2D eigenvalue weighted by Gasteiger charge is 2.40. The Morgan fingerprint density at radius 1 is 1.14 bits per heavy atom. The van der Waals surface area contributed by atoms with E-state index < -0.39 is 0 Å². The van der Waals surface area contributed by atoms with Crippen LogP contribution >= 0.6 is 0 Å². The Kier molecular flexibility index (Phi) is 5.17. The molecule has 0 aromatic rings. The molecule has 2 aliphatic heterocycles. The minimum Gasteiger partial charge on any atom is -0.381 e. The molecule has 3 fully saturated rings. The average molecular weight is 294 g/mol. The number of piperidine rings is 1. The van der Waals surface area contributed by atoms with Gasteiger partial charge in [-0.05, 0) is 51.1 Å². The molecular weight excluding hydrogens is 264 g/mol. The van der Waals surface area contributed by atoms with Crippen LogP contribution in [-0.2, 0) is 9.53 Å². The lowest BCUT2D eigenvalue weighted by Gasteiger charge is -2.43. The minimum absolute atomic E-state index is 0.230. The molecule has 1 aliphatic carbocycles. The van der Waals surface area contributed by atoms with Gasteiger partial charge in [-0.1, -0.05) is 19.3 Å². The van der Waals surface area contributed by atoms with Crippen LogP contribution in [0.1, 0.15) is 57.8 Å². The number of hydrogen-bond acceptors (Lipinski definition) is 3. The lowest BCUT2D eigenvalue weighted by atomic mass is 9.92. The molecule has 0 radical (unpaired) electrons. The third-order valence-corrected chi connectivity index (χ3v) is 5.67. The molecular formula is C17H30N2O2. The van der Waals surface area contributed by atoms with E-state index in [0.717, 1.165) is 26.2 Å². The summed E-state index contributed by atoms with van der Waals surface area (Å²) in [5.74, 6) is 0.674. The molecule has 120 valence electrons. The van der Waals surface area contributed by atoms with Gasteiger partial charge in [0.1, 0.15) is 0 Å². The number of carbonyl (C=O) groups is 1. The van der Waals surface area contributed by atoms with Crippen LogP contribution in [0.2, 0.25) is 0 Å². The molecule has 1 N–H and O–H groups in total. The van der Waals surface area contributed by atoms with E-state index in [1.165, 1.54) is 58.0 Å². The van der Waals surface area contributed by atoms with Gasteiger partial charge in [0.15, 0.2) is 0 Å². The van der Waals surface area contributed by atoms with Gasteiger partial charge in [0.2, 0.25) is 5.91 Å². The third-order valence-electron chi connectivity index (χ3n) is 5.67. The molecule has 2 saturated heterocycles. The fraction of sp³-hybridized carbons (Fsp3) is 0.941. The monoisotopic (exact) mass is 294 g/mol. The summed E-state index contributed by atoms with van der Waals surface area (Å²) in [6.07, 6.45) is 10.9. The Morgan fingerprint density at radius 3 is 2.57 bits per heavy atom. The highest BCUT2D eigenvalue weighted by atomic mass is 16.5. The molecule has 0 aromatic heterocycles. The van der Waals surface area contributed by atoms with E-state index in [9.17, 15) is 4.79 Å². The van der Waals surface area contributed by atoms with Crippen LogP contribution in [0.4, 0.5) is 0 Å². The van der Waals surface area contributed by atoms with Crippen molar-refractivity contribution < 1.29 is 9.53 Å². The Morgan fingerprint density at radius 2 is 1.90 bits per heavy atom. The number of amides is 1. The van der Waals surface area contributed by atoms with Crippen molar-refractivity contribution in [2.24, 2.45) is 5.92 Å². The number of hydrogen-bond donors (Lipinski definition) is 1. The van der Waals surface area contributed by atoms with Crippen LogP contribution in [0.5, 0.6) is 0 Å². The first-order chi connectivity index (χ1) is 10.3. The van der Waals surface area contributed by atoms with Crippen molar-refractivity contribution in [2.45, 2.75) is 63.3 Å². The predicted octanol–water partition coefficient (Wildman–Crippen LogP) is 2.33. The summed E-state index contributed by atoms with van der Waals surface area (Å²) in [6, 6.07) is 0. The molecule has 4 nitrogen and oxygen atoms in total. The Bertz CT molecular complexity index is 341. The highest BCUT2D eigenvalue weighted by Crippen LogP contribution is 2.36. The molecule has 3 aliphatic rings. The fourth-order valence-corrected chi connectivity index (χ4v) is 4.35. The van der Waals surface area contributed by atoms with Crippen LogP contribution in [0, 0.1) is 5.92 Å². The summed E-state index contributed by atoms with van der Waals surface area (Å²) in [5, 5.41) is 3.25. The van der Waals surface area contributed by atoms with E-state index in [-0.39, 0.29) is 11.4 Å². The van der Waals surface area contributed by atoms with Gasteiger partial charge in [0, 0.05) is 31.7 Å². The van der Waals surface area contributed by atoms with Crippen LogP contribution in [0.3, 0.4) is 0 Å². The summed E-state index contributed by atoms with van der Waals surface area (Å²) < 4.78 is 5.36. The average Bonchev–Trinajstić information content (AvgIpc) is 3.18. The number of nitrogens with zero attached hydrogens (tertiary/aromatic N) is 1. The quantitative estimate of drug-likeness (QED) is 0.846. The summed E-state index contributed by atoms with van der Waals surface area (Å²) >= 11 is 0. The standard InChI is InChI=1S/C17H30N2O2/c20-16(12-15-6-11-21-13-15)18-14-17(7-2-3-8-17)19-9-4-1-5-10-19/h15H,1-14H2,(H,18,20)/t15-/m0/s1. The van der Waals surface area contributed by atoms with Crippen molar-refractivity contribution in [3.05, 3.63) is 0 Å². The van der Waals surface area contributed by atoms with Gasteiger partial charge in [-0.15, -0.1) is 0 Å². The van der Waals surface area contributed by atoms with E-state index in [2.05, 4.69) is 10.2 Å². The molecule has 1 atom stereocenters. The molecule has 2 heterocycles. The molecule has 0 aromatic carbocycles. The van der Waals surface area contributed by atoms with Gasteiger partial charge in [-0.3, -0.25) is 9.69 Å². The zero-order chi connectivity index (χ0) is 14.5. The molecule has 1 amide bonds. The van der Waals surface area contributed by atoms with Gasteiger partial charge in [-0.25, -0.2) is 0 Å². The number of carbonyl (C=O) groups excluding carboxylic acids is 1. The smallest absolute Gasteiger partial charge is 0.220 e. The summed E-state index contributed by atoms with van der Waals surface area (Å²) in [7, 11) is 0. The molecule has 3 rings (SSSR count). The van der Waals surface area contributed by atoms with Crippen molar-refractivity contribution in [2.75, 3.05) is 32.8 Å². The van der Waals surface area contributed by atoms with Crippen LogP contribution < -0.4 is 5.32 Å². The number of rotatable bonds is 5. The molecule has 1 saturated carbocycles. The van der Waals surface area contributed by atoms with Crippen molar-refractivity contribution >= 4 is 5.91 Å². The number of nitrogens with one attached hydrogen (secondary N) is 1. The second-order valence-electron chi connectivity index (χ2n) is 7.19. The highest BCUT2D eigenvalue weighted by molar-refractivity contribution is 5.76. The zero-order valence-corrected chi connectivity index (χ0v) is 13.2. The first kappa shape index (κ1) is 15.3. The van der Waals surface area contributed by atoms with Gasteiger partial charge >= 0.3 is 0 Å². The second kappa shape index (κ2) is 7.10. The SMILES string of the molecule is O=C(C[C@@H]1CCOC1)NCC1(N2CCCCC2)CCCC1. The Labute approximate surface area is 128 Å². The van der Waals surface area contributed by atoms with E-state index >= 15 is 0 Å². The predicted molar refractivity (Wildman–Crippen MR) is 83.2 cm³/mol. The molecule has 0 unspecified atom stereocenters. The second-order valence-corrected chi connectivity index (χ2v) is 7.19. The van der Waals surface area contributed by atoms with Crippen molar-refractivity contribution in [1.29, 1.82) is 0 Å². The van der Waals surface area contributed by atoms with Crippen molar-refractivity contribution in [3.63, 3.8) is 0 Å². The first-order valence-corrected chi connectivity index (χ1v) is 8.88. The van der Waals surface area contributed by atoms with E-state index in [1.54, 1.807) is 0 Å². The number of likely N-dealkylation sites (tertiary alicyclic amines) is 1. The zero-order valence-electron chi connectivity index (χ0n) is 13.2. The maximum atomic E-state index is 12.2. The maximum Gasteiger partial charge on any atom is 0.220 e. The first-order valence-electron chi connectivity index (χ1n) is 8.88. The molecule has 0 spiro atoms. The summed E-state index contributed by atoms with van der Waals surface area (Å²) in [6.45, 7) is 4.92. The van der Waals surface area contributed by atoms with E-state index in [1.807, 2.05) is 0 Å². The van der Waals surface area contributed by atoms with Gasteiger partial charge in [-0.2, -0.15) is 0 Å². The van der Waals surface area contributed by atoms with Crippen LogP contribution in [0.15, 0.2) is 0 Å². The molecule has 21 heavy (non-hydrogen) atoms. The Hall–Kier alpha value is -0.610. The maximum absolute atomic E-state index is 12.2. The topological polar surface area (TPSA) is 41.6 Å². The van der Waals surface area contributed by atoms with Gasteiger partial charge < -0.3 is 10.1 Å². The molecule has 0 bridgehead atoms. The molecule has 4 heteroatoms. The van der Waals surface area contributed by atoms with Crippen LogP contribution in [-0.4, -0.2) is 49.2 Å². The van der Waals surface area contributed by atoms with Gasteiger partial charge in [0.05, 0.1) is 0 Å². The largest absolute Gasteiger partial charge is 0.381 e. The van der Waals surface area contributed by atoms with Crippen molar-refractivity contribution in [1.82, 2.24) is 10.2 Å². The summed E-state index contributed by atoms with van der Waals surface area (Å²) in [4.78, 5) is 14.9. The van der Waals surface area contributed by atoms with E-state index in [0.29, 0.717) is 12.3 Å². The Balaban J connectivity index is 1.51. The fourth-order valence-electron chi connectivity index (χ4n) is 4.35. The third kappa shape index (κ3) is 3.78.